The number of thiophene rings is 1. The fraction of sp³-hybridized carbons (Fsp3) is 0.714. The Morgan fingerprint density at radius 2 is 2.06 bits per heavy atom. The maximum atomic E-state index is 3.71. The molecular formula is C14H23NS. The van der Waals surface area contributed by atoms with E-state index in [1.165, 1.54) is 62.8 Å². The molecule has 16 heavy (non-hydrogen) atoms. The third-order valence-corrected chi connectivity index (χ3v) is 4.40. The van der Waals surface area contributed by atoms with Crippen LogP contribution in [0.25, 0.3) is 0 Å². The van der Waals surface area contributed by atoms with Gasteiger partial charge in [-0.3, -0.25) is 0 Å². The van der Waals surface area contributed by atoms with Crippen LogP contribution in [0.4, 0.5) is 0 Å². The van der Waals surface area contributed by atoms with E-state index in [1.54, 1.807) is 0 Å². The van der Waals surface area contributed by atoms with E-state index in [-0.39, 0.29) is 0 Å². The third kappa shape index (κ3) is 4.26. The van der Waals surface area contributed by atoms with Crippen molar-refractivity contribution in [3.8, 4) is 0 Å². The minimum atomic E-state index is 0.829. The molecule has 0 saturated heterocycles. The second-order valence-corrected chi connectivity index (χ2v) is 5.86. The van der Waals surface area contributed by atoms with Gasteiger partial charge in [0, 0.05) is 10.9 Å². The van der Waals surface area contributed by atoms with Crippen LogP contribution in [0.5, 0.6) is 0 Å². The molecule has 2 heteroatoms. The Morgan fingerprint density at radius 1 is 1.19 bits per heavy atom. The average Bonchev–Trinajstić information content (AvgIpc) is 2.83. The first-order valence-electron chi connectivity index (χ1n) is 6.71. The van der Waals surface area contributed by atoms with E-state index < -0.39 is 0 Å². The van der Waals surface area contributed by atoms with Crippen molar-refractivity contribution >= 4 is 11.3 Å². The van der Waals surface area contributed by atoms with Crippen LogP contribution < -0.4 is 5.32 Å². The largest absolute Gasteiger partial charge is 0.314 e. The predicted molar refractivity (Wildman–Crippen MR) is 72.1 cm³/mol. The summed E-state index contributed by atoms with van der Waals surface area (Å²) in [5.74, 6) is 0. The van der Waals surface area contributed by atoms with Crippen molar-refractivity contribution in [2.75, 3.05) is 6.54 Å². The van der Waals surface area contributed by atoms with Crippen molar-refractivity contribution in [1.82, 2.24) is 5.32 Å². The van der Waals surface area contributed by atoms with Crippen molar-refractivity contribution in [3.63, 3.8) is 0 Å². The van der Waals surface area contributed by atoms with Gasteiger partial charge in [0.2, 0.25) is 0 Å². The van der Waals surface area contributed by atoms with Crippen molar-refractivity contribution in [2.24, 2.45) is 0 Å². The maximum Gasteiger partial charge on any atom is 0.00670 e. The quantitative estimate of drug-likeness (QED) is 0.738. The fourth-order valence-electron chi connectivity index (χ4n) is 2.49. The second kappa shape index (κ2) is 7.08. The second-order valence-electron chi connectivity index (χ2n) is 4.83. The first kappa shape index (κ1) is 12.1. The molecule has 1 nitrogen and oxygen atoms in total. The fourth-order valence-corrected chi connectivity index (χ4v) is 3.24. The number of unbranched alkanes of at least 4 members (excludes halogenated alkanes) is 1. The van der Waals surface area contributed by atoms with E-state index in [1.807, 2.05) is 11.3 Å². The van der Waals surface area contributed by atoms with Crippen molar-refractivity contribution in [1.29, 1.82) is 0 Å². The van der Waals surface area contributed by atoms with E-state index in [9.17, 15) is 0 Å². The first-order valence-corrected chi connectivity index (χ1v) is 7.59. The van der Waals surface area contributed by atoms with Gasteiger partial charge < -0.3 is 5.32 Å². The van der Waals surface area contributed by atoms with E-state index in [0.29, 0.717) is 0 Å². The summed E-state index contributed by atoms with van der Waals surface area (Å²) in [6, 6.07) is 5.23. The Hall–Kier alpha value is -0.340. The monoisotopic (exact) mass is 237 g/mol. The molecule has 0 aromatic carbocycles. The summed E-state index contributed by atoms with van der Waals surface area (Å²) in [4.78, 5) is 1.54. The van der Waals surface area contributed by atoms with Gasteiger partial charge in [-0.1, -0.05) is 25.3 Å². The third-order valence-electron chi connectivity index (χ3n) is 3.47. The molecule has 1 heterocycles. The Balaban J connectivity index is 1.48. The van der Waals surface area contributed by atoms with Crippen LogP contribution in [-0.2, 0) is 6.42 Å². The Morgan fingerprint density at radius 3 is 2.81 bits per heavy atom. The molecule has 1 aromatic heterocycles. The van der Waals surface area contributed by atoms with Crippen LogP contribution in [0, 0.1) is 0 Å². The minimum absolute atomic E-state index is 0.829. The molecular weight excluding hydrogens is 214 g/mol. The highest BCUT2D eigenvalue weighted by atomic mass is 32.1. The smallest absolute Gasteiger partial charge is 0.00670 e. The van der Waals surface area contributed by atoms with Crippen LogP contribution in [0.1, 0.15) is 49.8 Å². The molecule has 0 amide bonds. The highest BCUT2D eigenvalue weighted by Crippen LogP contribution is 2.17. The van der Waals surface area contributed by atoms with Crippen LogP contribution in [0.2, 0.25) is 0 Å². The highest BCUT2D eigenvalue weighted by Gasteiger charge is 2.11. The first-order chi connectivity index (χ1) is 7.95. The number of rotatable bonds is 6. The molecule has 1 N–H and O–H groups in total. The molecule has 1 saturated carbocycles. The minimum Gasteiger partial charge on any atom is -0.314 e. The molecule has 2 rings (SSSR count). The summed E-state index contributed by atoms with van der Waals surface area (Å²) in [6.45, 7) is 1.22. The Bertz CT molecular complexity index is 262. The van der Waals surface area contributed by atoms with Crippen molar-refractivity contribution in [3.05, 3.63) is 22.4 Å². The molecule has 0 atom stereocenters. The zero-order valence-electron chi connectivity index (χ0n) is 10.1. The van der Waals surface area contributed by atoms with E-state index >= 15 is 0 Å². The molecule has 1 aliphatic rings. The Kier molecular flexibility index (Phi) is 5.36. The number of aryl methyl sites for hydroxylation is 1. The van der Waals surface area contributed by atoms with Gasteiger partial charge in [0.15, 0.2) is 0 Å². The number of hydrogen-bond acceptors (Lipinski definition) is 2. The molecule has 90 valence electrons. The molecule has 0 spiro atoms. The van der Waals surface area contributed by atoms with E-state index in [2.05, 4.69) is 22.8 Å². The summed E-state index contributed by atoms with van der Waals surface area (Å²) in [6.07, 6.45) is 11.1. The van der Waals surface area contributed by atoms with Crippen LogP contribution in [0.3, 0.4) is 0 Å². The summed E-state index contributed by atoms with van der Waals surface area (Å²) in [7, 11) is 0. The molecule has 0 bridgehead atoms. The zero-order chi connectivity index (χ0) is 11.1. The lowest BCUT2D eigenvalue weighted by atomic mass is 9.95. The van der Waals surface area contributed by atoms with Gasteiger partial charge in [-0.15, -0.1) is 11.3 Å². The summed E-state index contributed by atoms with van der Waals surface area (Å²) < 4.78 is 0. The van der Waals surface area contributed by atoms with Gasteiger partial charge in [-0.2, -0.15) is 0 Å². The van der Waals surface area contributed by atoms with Gasteiger partial charge in [0.05, 0.1) is 0 Å². The lowest BCUT2D eigenvalue weighted by Gasteiger charge is -2.22. The van der Waals surface area contributed by atoms with Crippen molar-refractivity contribution < 1.29 is 0 Å². The molecule has 1 aromatic rings. The molecule has 1 fully saturated rings. The topological polar surface area (TPSA) is 12.0 Å². The van der Waals surface area contributed by atoms with Gasteiger partial charge in [0.1, 0.15) is 0 Å². The summed E-state index contributed by atoms with van der Waals surface area (Å²) in [5.41, 5.74) is 0. The summed E-state index contributed by atoms with van der Waals surface area (Å²) in [5, 5.41) is 5.88. The number of hydrogen-bond donors (Lipinski definition) is 1. The van der Waals surface area contributed by atoms with Crippen LogP contribution in [0.15, 0.2) is 17.5 Å². The zero-order valence-corrected chi connectivity index (χ0v) is 10.9. The Labute approximate surface area is 103 Å². The molecule has 0 radical (unpaired) electrons. The van der Waals surface area contributed by atoms with Gasteiger partial charge in [-0.25, -0.2) is 0 Å². The van der Waals surface area contributed by atoms with Gasteiger partial charge in [0.25, 0.3) is 0 Å². The molecule has 0 aliphatic heterocycles. The lowest BCUT2D eigenvalue weighted by molar-refractivity contribution is 0.371. The van der Waals surface area contributed by atoms with Gasteiger partial charge >= 0.3 is 0 Å². The standard InChI is InChI=1S/C14H23NS/c1-2-7-13(8-3-1)15-11-5-4-9-14-10-6-12-16-14/h6,10,12-13,15H,1-5,7-9,11H2. The van der Waals surface area contributed by atoms with Crippen molar-refractivity contribution in [2.45, 2.75) is 57.4 Å². The SMILES string of the molecule is c1csc(CCCCNC2CCCCC2)c1. The van der Waals surface area contributed by atoms with Crippen LogP contribution >= 0.6 is 11.3 Å². The average molecular weight is 237 g/mol. The lowest BCUT2D eigenvalue weighted by Crippen LogP contribution is -2.31. The highest BCUT2D eigenvalue weighted by molar-refractivity contribution is 7.09. The molecule has 0 unspecified atom stereocenters. The van der Waals surface area contributed by atoms with E-state index in [0.717, 1.165) is 6.04 Å². The summed E-state index contributed by atoms with van der Waals surface area (Å²) >= 11 is 1.89. The normalized spacial score (nSPS) is 17.8. The maximum absolute atomic E-state index is 3.71. The van der Waals surface area contributed by atoms with E-state index in [4.69, 9.17) is 0 Å². The molecule has 1 aliphatic carbocycles. The predicted octanol–water partition coefficient (Wildman–Crippen LogP) is 3.99. The van der Waals surface area contributed by atoms with Crippen LogP contribution in [-0.4, -0.2) is 12.6 Å². The van der Waals surface area contributed by atoms with Gasteiger partial charge in [-0.05, 0) is 50.1 Å². The number of nitrogens with one attached hydrogen (secondary N) is 1.